The van der Waals surface area contributed by atoms with E-state index in [2.05, 4.69) is 0 Å². The molecule has 0 fully saturated rings. The molecule has 0 aliphatic rings. The first kappa shape index (κ1) is 20.5. The van der Waals surface area contributed by atoms with Gasteiger partial charge in [-0.3, -0.25) is 4.79 Å². The molecule has 0 aliphatic heterocycles. The van der Waals surface area contributed by atoms with Crippen LogP contribution in [0, 0.1) is 25.5 Å². The number of ketones is 1. The number of hydrogen-bond donors (Lipinski definition) is 0. The van der Waals surface area contributed by atoms with Gasteiger partial charge in [0.1, 0.15) is 17.2 Å². The van der Waals surface area contributed by atoms with Crippen LogP contribution in [0.3, 0.4) is 0 Å². The van der Waals surface area contributed by atoms with Gasteiger partial charge in [-0.15, -0.1) is 0 Å². The third-order valence-electron chi connectivity index (χ3n) is 4.96. The number of esters is 1. The summed E-state index contributed by atoms with van der Waals surface area (Å²) in [7, 11) is 0. The molecule has 0 radical (unpaired) electrons. The maximum absolute atomic E-state index is 13.7. The van der Waals surface area contributed by atoms with E-state index in [1.165, 1.54) is 0 Å². The average Bonchev–Trinajstić information content (AvgIpc) is 3.00. The van der Waals surface area contributed by atoms with Crippen molar-refractivity contribution in [3.63, 3.8) is 0 Å². The first-order valence-electron chi connectivity index (χ1n) is 9.19. The number of hydrogen-bond acceptors (Lipinski definition) is 3. The number of ether oxygens (including phenoxy) is 1. The van der Waals surface area contributed by atoms with Crippen molar-refractivity contribution >= 4 is 11.8 Å². The lowest BCUT2D eigenvalue weighted by atomic mass is 10.1. The van der Waals surface area contributed by atoms with Crippen molar-refractivity contribution in [1.29, 1.82) is 0 Å². The molecule has 0 amide bonds. The first-order chi connectivity index (χ1) is 13.8. The standard InChI is InChI=1S/C23H21F2NO3/c1-14-12-18(16(3)26(14)15(2)17-8-5-4-6-9-17)21(27)13-29-23(28)22-19(24)10-7-11-20(22)25/h4-12,15H,13H2,1-3H3/t15-/m1/s1. The third kappa shape index (κ3) is 4.11. The van der Waals surface area contributed by atoms with Gasteiger partial charge in [-0.05, 0) is 44.5 Å². The van der Waals surface area contributed by atoms with Crippen LogP contribution in [0.2, 0.25) is 0 Å². The molecule has 1 atom stereocenters. The maximum atomic E-state index is 13.7. The predicted molar refractivity (Wildman–Crippen MR) is 105 cm³/mol. The molecular weight excluding hydrogens is 376 g/mol. The largest absolute Gasteiger partial charge is 0.454 e. The van der Waals surface area contributed by atoms with E-state index in [0.29, 0.717) is 5.56 Å². The van der Waals surface area contributed by atoms with Gasteiger partial charge in [0.15, 0.2) is 6.61 Å². The van der Waals surface area contributed by atoms with Crippen molar-refractivity contribution < 1.29 is 23.1 Å². The zero-order valence-electron chi connectivity index (χ0n) is 16.4. The molecule has 4 nitrogen and oxygen atoms in total. The highest BCUT2D eigenvalue weighted by molar-refractivity contribution is 6.00. The molecular formula is C23H21F2NO3. The number of Topliss-reactive ketones (excluding diaryl/α,β-unsaturated/α-hetero) is 1. The Balaban J connectivity index is 1.78. The normalized spacial score (nSPS) is 11.9. The topological polar surface area (TPSA) is 48.3 Å². The van der Waals surface area contributed by atoms with Crippen LogP contribution >= 0.6 is 0 Å². The van der Waals surface area contributed by atoms with E-state index >= 15 is 0 Å². The zero-order chi connectivity index (χ0) is 21.1. The Kier molecular flexibility index (Phi) is 5.92. The quantitative estimate of drug-likeness (QED) is 0.433. The summed E-state index contributed by atoms with van der Waals surface area (Å²) in [5.41, 5.74) is 2.32. The molecule has 150 valence electrons. The maximum Gasteiger partial charge on any atom is 0.344 e. The van der Waals surface area contributed by atoms with Gasteiger partial charge >= 0.3 is 5.97 Å². The molecule has 0 N–H and O–H groups in total. The van der Waals surface area contributed by atoms with Crippen LogP contribution in [0.25, 0.3) is 0 Å². The van der Waals surface area contributed by atoms with Gasteiger partial charge in [0.25, 0.3) is 0 Å². The predicted octanol–water partition coefficient (Wildman–Crippen LogP) is 5.03. The van der Waals surface area contributed by atoms with E-state index in [0.717, 1.165) is 35.2 Å². The second-order valence-electron chi connectivity index (χ2n) is 6.84. The second kappa shape index (κ2) is 8.39. The molecule has 1 heterocycles. The van der Waals surface area contributed by atoms with Crippen LogP contribution in [0.5, 0.6) is 0 Å². The van der Waals surface area contributed by atoms with Crippen LogP contribution in [0.1, 0.15) is 50.6 Å². The average molecular weight is 397 g/mol. The van der Waals surface area contributed by atoms with Crippen molar-refractivity contribution in [2.45, 2.75) is 26.8 Å². The van der Waals surface area contributed by atoms with E-state index in [-0.39, 0.29) is 6.04 Å². The molecule has 1 aromatic heterocycles. The summed E-state index contributed by atoms with van der Waals surface area (Å²) in [6.45, 7) is 5.14. The highest BCUT2D eigenvalue weighted by atomic mass is 19.1. The number of rotatable bonds is 6. The molecule has 0 saturated heterocycles. The van der Waals surface area contributed by atoms with Crippen molar-refractivity contribution in [1.82, 2.24) is 4.57 Å². The molecule has 3 aromatic rings. The molecule has 2 aromatic carbocycles. The Morgan fingerprint density at radius 2 is 1.62 bits per heavy atom. The van der Waals surface area contributed by atoms with Gasteiger partial charge in [0, 0.05) is 17.0 Å². The summed E-state index contributed by atoms with van der Waals surface area (Å²) in [5.74, 6) is -3.70. The van der Waals surface area contributed by atoms with Gasteiger partial charge in [-0.2, -0.15) is 0 Å². The van der Waals surface area contributed by atoms with Crippen LogP contribution in [0.15, 0.2) is 54.6 Å². The van der Waals surface area contributed by atoms with E-state index in [1.807, 2.05) is 55.7 Å². The van der Waals surface area contributed by atoms with Crippen LogP contribution in [0.4, 0.5) is 8.78 Å². The number of carbonyl (C=O) groups excluding carboxylic acids is 2. The minimum Gasteiger partial charge on any atom is -0.454 e. The first-order valence-corrected chi connectivity index (χ1v) is 9.19. The number of carbonyl (C=O) groups is 2. The van der Waals surface area contributed by atoms with Gasteiger partial charge in [0.2, 0.25) is 5.78 Å². The second-order valence-corrected chi connectivity index (χ2v) is 6.84. The molecule has 0 unspecified atom stereocenters. The fourth-order valence-electron chi connectivity index (χ4n) is 3.51. The van der Waals surface area contributed by atoms with E-state index in [9.17, 15) is 18.4 Å². The van der Waals surface area contributed by atoms with Crippen molar-refractivity contribution in [2.24, 2.45) is 0 Å². The van der Waals surface area contributed by atoms with Crippen LogP contribution in [-0.2, 0) is 4.74 Å². The number of aromatic nitrogens is 1. The Morgan fingerprint density at radius 3 is 2.24 bits per heavy atom. The molecule has 0 spiro atoms. The van der Waals surface area contributed by atoms with Gasteiger partial charge in [0.05, 0.1) is 6.04 Å². The number of aryl methyl sites for hydroxylation is 1. The summed E-state index contributed by atoms with van der Waals surface area (Å²) < 4.78 is 34.3. The highest BCUT2D eigenvalue weighted by Gasteiger charge is 2.23. The fraction of sp³-hybridized carbons (Fsp3) is 0.217. The Labute approximate surface area is 167 Å². The summed E-state index contributed by atoms with van der Waals surface area (Å²) >= 11 is 0. The monoisotopic (exact) mass is 397 g/mol. The van der Waals surface area contributed by atoms with E-state index < -0.39 is 35.6 Å². The molecule has 29 heavy (non-hydrogen) atoms. The van der Waals surface area contributed by atoms with Crippen LogP contribution in [-0.4, -0.2) is 22.9 Å². The summed E-state index contributed by atoms with van der Waals surface area (Å²) in [6, 6.07) is 14.7. The Bertz CT molecular complexity index is 1040. The molecule has 3 rings (SSSR count). The van der Waals surface area contributed by atoms with Crippen molar-refractivity contribution in [2.75, 3.05) is 6.61 Å². The lowest BCUT2D eigenvalue weighted by Gasteiger charge is -2.19. The smallest absolute Gasteiger partial charge is 0.344 e. The van der Waals surface area contributed by atoms with Gasteiger partial charge in [-0.25, -0.2) is 13.6 Å². The van der Waals surface area contributed by atoms with Gasteiger partial charge < -0.3 is 9.30 Å². The zero-order valence-corrected chi connectivity index (χ0v) is 16.4. The Morgan fingerprint density at radius 1 is 1.00 bits per heavy atom. The van der Waals surface area contributed by atoms with Crippen molar-refractivity contribution in [3.05, 3.63) is 94.3 Å². The number of benzene rings is 2. The lowest BCUT2D eigenvalue weighted by Crippen LogP contribution is -2.17. The summed E-state index contributed by atoms with van der Waals surface area (Å²) in [5, 5.41) is 0. The highest BCUT2D eigenvalue weighted by Crippen LogP contribution is 2.26. The number of halogens is 2. The van der Waals surface area contributed by atoms with Crippen molar-refractivity contribution in [3.8, 4) is 0 Å². The fourth-order valence-corrected chi connectivity index (χ4v) is 3.51. The lowest BCUT2D eigenvalue weighted by molar-refractivity contribution is 0.0465. The summed E-state index contributed by atoms with van der Waals surface area (Å²) in [6.07, 6.45) is 0. The van der Waals surface area contributed by atoms with E-state index in [1.54, 1.807) is 6.07 Å². The molecule has 0 aliphatic carbocycles. The van der Waals surface area contributed by atoms with Crippen LogP contribution < -0.4 is 0 Å². The van der Waals surface area contributed by atoms with E-state index in [4.69, 9.17) is 4.74 Å². The molecule has 0 bridgehead atoms. The molecule has 6 heteroatoms. The summed E-state index contributed by atoms with van der Waals surface area (Å²) in [4.78, 5) is 24.6. The third-order valence-corrected chi connectivity index (χ3v) is 4.96. The minimum absolute atomic E-state index is 0.00723. The Hall–Kier alpha value is -3.28. The van der Waals surface area contributed by atoms with Gasteiger partial charge in [-0.1, -0.05) is 36.4 Å². The SMILES string of the molecule is Cc1cc(C(=O)COC(=O)c2c(F)cccc2F)c(C)n1[C@H](C)c1ccccc1. The minimum atomic E-state index is -1.21. The number of nitrogens with zero attached hydrogens (tertiary/aromatic N) is 1. The molecule has 0 saturated carbocycles.